The summed E-state index contributed by atoms with van der Waals surface area (Å²) in [4.78, 5) is 69.1. The van der Waals surface area contributed by atoms with Crippen LogP contribution in [0.2, 0.25) is 0 Å². The molecule has 3 fully saturated rings. The van der Waals surface area contributed by atoms with E-state index in [1.807, 2.05) is 79.4 Å². The van der Waals surface area contributed by atoms with Crippen molar-refractivity contribution < 1.29 is 24.0 Å². The van der Waals surface area contributed by atoms with Gasteiger partial charge in [0.05, 0.1) is 12.1 Å². The number of carbonyl (C=O) groups is 5. The maximum absolute atomic E-state index is 14.1. The standard InChI is InChI=1S/C41H57N5O5/c1-28(2)17-34(45-38(50)32(18-29-11-5-3-6-12-29)21-35(47)33(43)19-30-13-7-4-8-14-30)36(48)20-31(15-9-10-16-42)39(51)46-26-41(27-46)23-40(24-41)22-37(49)44-25-40/h3-8,11-14,28,31-34H,9-10,15-27,42-43H2,1-2H3,(H,44,49)(H,45,50)/t31-,32-,33+,34+/m0/s1. The Morgan fingerprint density at radius 3 is 2.02 bits per heavy atom. The fourth-order valence-corrected chi connectivity index (χ4v) is 8.74. The molecular formula is C41H57N5O5. The predicted octanol–water partition coefficient (Wildman–Crippen LogP) is 3.74. The molecule has 2 heterocycles. The average molecular weight is 700 g/mol. The second-order valence-electron chi connectivity index (χ2n) is 16.2. The Hall–Kier alpha value is -3.89. The maximum Gasteiger partial charge on any atom is 0.226 e. The quantitative estimate of drug-likeness (QED) is 0.162. The first-order valence-corrected chi connectivity index (χ1v) is 18.8. The molecule has 2 spiro atoms. The van der Waals surface area contributed by atoms with Gasteiger partial charge in [-0.3, -0.25) is 24.0 Å². The zero-order valence-corrected chi connectivity index (χ0v) is 30.4. The molecule has 0 radical (unpaired) electrons. The van der Waals surface area contributed by atoms with Crippen molar-refractivity contribution >= 4 is 29.3 Å². The highest BCUT2D eigenvalue weighted by molar-refractivity contribution is 5.95. The van der Waals surface area contributed by atoms with Crippen LogP contribution in [0.4, 0.5) is 0 Å². The van der Waals surface area contributed by atoms with Gasteiger partial charge < -0.3 is 27.0 Å². The number of nitrogens with zero attached hydrogens (tertiary/aromatic N) is 1. The van der Waals surface area contributed by atoms with Gasteiger partial charge in [-0.2, -0.15) is 0 Å². The molecule has 2 aromatic rings. The van der Waals surface area contributed by atoms with E-state index < -0.39 is 23.9 Å². The molecule has 3 aliphatic rings. The van der Waals surface area contributed by atoms with Crippen molar-refractivity contribution in [3.8, 4) is 0 Å². The van der Waals surface area contributed by atoms with E-state index in [2.05, 4.69) is 10.6 Å². The van der Waals surface area contributed by atoms with E-state index in [0.29, 0.717) is 51.7 Å². The number of hydrogen-bond donors (Lipinski definition) is 4. The SMILES string of the molecule is CC(C)C[C@@H](NC(=O)[C@H](CC(=O)[C@H](N)Cc1ccccc1)Cc1ccccc1)C(=O)C[C@H](CCCCN)C(=O)N1CC2(C1)CC1(CNC(=O)C1)C2. The lowest BCUT2D eigenvalue weighted by Gasteiger charge is -2.63. The van der Waals surface area contributed by atoms with Crippen LogP contribution < -0.4 is 22.1 Å². The third-order valence-corrected chi connectivity index (χ3v) is 11.1. The summed E-state index contributed by atoms with van der Waals surface area (Å²) in [7, 11) is 0. The van der Waals surface area contributed by atoms with Gasteiger partial charge in [0, 0.05) is 56.1 Å². The number of carbonyl (C=O) groups excluding carboxylic acids is 5. The number of rotatable bonds is 19. The number of nitrogens with one attached hydrogen (secondary N) is 2. The van der Waals surface area contributed by atoms with Crippen molar-refractivity contribution in [1.82, 2.24) is 15.5 Å². The Morgan fingerprint density at radius 1 is 0.843 bits per heavy atom. The average Bonchev–Trinajstić information content (AvgIpc) is 3.46. The minimum absolute atomic E-state index is 0.0119. The maximum atomic E-state index is 14.1. The minimum atomic E-state index is -0.782. The molecule has 51 heavy (non-hydrogen) atoms. The number of unbranched alkanes of at least 4 members (excludes halogenated alkanes) is 1. The Kier molecular flexibility index (Phi) is 12.8. The van der Waals surface area contributed by atoms with Crippen molar-refractivity contribution in [3.05, 3.63) is 71.8 Å². The molecule has 0 unspecified atom stereocenters. The smallest absolute Gasteiger partial charge is 0.226 e. The summed E-state index contributed by atoms with van der Waals surface area (Å²) < 4.78 is 0. The van der Waals surface area contributed by atoms with Gasteiger partial charge in [0.1, 0.15) is 0 Å². The number of hydrogen-bond acceptors (Lipinski definition) is 7. The number of amides is 3. The highest BCUT2D eigenvalue weighted by Gasteiger charge is 2.62. The Labute approximate surface area is 302 Å². The van der Waals surface area contributed by atoms with Crippen LogP contribution in [-0.2, 0) is 36.8 Å². The topological polar surface area (TPSA) is 165 Å². The number of likely N-dealkylation sites (tertiary alicyclic amines) is 1. The normalized spacial score (nSPS) is 19.5. The van der Waals surface area contributed by atoms with E-state index in [9.17, 15) is 24.0 Å². The molecule has 5 rings (SSSR count). The summed E-state index contributed by atoms with van der Waals surface area (Å²) in [6, 6.07) is 17.6. The van der Waals surface area contributed by atoms with Crippen LogP contribution >= 0.6 is 0 Å². The van der Waals surface area contributed by atoms with Crippen molar-refractivity contribution in [1.29, 1.82) is 0 Å². The van der Waals surface area contributed by atoms with E-state index in [-0.39, 0.29) is 58.9 Å². The molecule has 10 heteroatoms. The lowest BCUT2D eigenvalue weighted by Crippen LogP contribution is -2.67. The predicted molar refractivity (Wildman–Crippen MR) is 197 cm³/mol. The highest BCUT2D eigenvalue weighted by atomic mass is 16.2. The largest absolute Gasteiger partial charge is 0.356 e. The van der Waals surface area contributed by atoms with E-state index >= 15 is 0 Å². The summed E-state index contributed by atoms with van der Waals surface area (Å²) in [5.41, 5.74) is 14.1. The van der Waals surface area contributed by atoms with Crippen LogP contribution in [0.25, 0.3) is 0 Å². The van der Waals surface area contributed by atoms with E-state index in [1.54, 1.807) is 0 Å². The molecule has 3 amide bonds. The summed E-state index contributed by atoms with van der Waals surface area (Å²) in [6.45, 7) is 6.57. The Balaban J connectivity index is 1.24. The number of Topliss-reactive ketones (excluding diaryl/α,β-unsaturated/α-hetero) is 2. The van der Waals surface area contributed by atoms with Gasteiger partial charge in [-0.05, 0) is 74.0 Å². The van der Waals surface area contributed by atoms with E-state index in [4.69, 9.17) is 11.5 Å². The summed E-state index contributed by atoms with van der Waals surface area (Å²) >= 11 is 0. The third kappa shape index (κ3) is 10.1. The van der Waals surface area contributed by atoms with Crippen LogP contribution in [0, 0.1) is 28.6 Å². The first kappa shape index (κ1) is 38.3. The molecule has 2 aromatic carbocycles. The molecule has 1 saturated carbocycles. The zero-order valence-electron chi connectivity index (χ0n) is 30.4. The van der Waals surface area contributed by atoms with E-state index in [1.165, 1.54) is 0 Å². The van der Waals surface area contributed by atoms with Gasteiger partial charge in [0.2, 0.25) is 17.7 Å². The van der Waals surface area contributed by atoms with Crippen LogP contribution in [-0.4, -0.2) is 72.5 Å². The van der Waals surface area contributed by atoms with Gasteiger partial charge >= 0.3 is 0 Å². The van der Waals surface area contributed by atoms with Crippen LogP contribution in [0.3, 0.4) is 0 Å². The Bertz CT molecular complexity index is 1520. The van der Waals surface area contributed by atoms with Crippen LogP contribution in [0.15, 0.2) is 60.7 Å². The molecule has 2 aliphatic heterocycles. The zero-order chi connectivity index (χ0) is 36.6. The summed E-state index contributed by atoms with van der Waals surface area (Å²) in [5, 5.41) is 5.99. The fraction of sp³-hybridized carbons (Fsp3) is 0.585. The van der Waals surface area contributed by atoms with Crippen molar-refractivity contribution in [3.63, 3.8) is 0 Å². The molecule has 276 valence electrons. The number of benzene rings is 2. The lowest BCUT2D eigenvalue weighted by molar-refractivity contribution is -0.171. The van der Waals surface area contributed by atoms with Crippen LogP contribution in [0.1, 0.15) is 82.8 Å². The van der Waals surface area contributed by atoms with Gasteiger partial charge in [-0.1, -0.05) is 80.9 Å². The van der Waals surface area contributed by atoms with Crippen molar-refractivity contribution in [2.75, 3.05) is 26.2 Å². The Morgan fingerprint density at radius 2 is 1.45 bits per heavy atom. The first-order valence-electron chi connectivity index (χ1n) is 18.8. The number of ketones is 2. The second-order valence-corrected chi connectivity index (χ2v) is 16.2. The third-order valence-electron chi connectivity index (χ3n) is 11.1. The molecule has 10 nitrogen and oxygen atoms in total. The molecule has 2 saturated heterocycles. The van der Waals surface area contributed by atoms with Crippen molar-refractivity contribution in [2.45, 2.75) is 96.6 Å². The number of nitrogens with two attached hydrogens (primary N) is 2. The lowest BCUT2D eigenvalue weighted by atomic mass is 9.49. The molecule has 4 atom stereocenters. The molecule has 0 bridgehead atoms. The summed E-state index contributed by atoms with van der Waals surface area (Å²) in [6.07, 6.45) is 5.67. The monoisotopic (exact) mass is 699 g/mol. The van der Waals surface area contributed by atoms with Gasteiger partial charge in [-0.15, -0.1) is 0 Å². The molecular weight excluding hydrogens is 642 g/mol. The van der Waals surface area contributed by atoms with Gasteiger partial charge in [0.15, 0.2) is 11.6 Å². The molecule has 1 aliphatic carbocycles. The highest BCUT2D eigenvalue weighted by Crippen LogP contribution is 2.61. The van der Waals surface area contributed by atoms with Gasteiger partial charge in [0.25, 0.3) is 0 Å². The fourth-order valence-electron chi connectivity index (χ4n) is 8.74. The first-order chi connectivity index (χ1) is 24.4. The molecule has 6 N–H and O–H groups in total. The minimum Gasteiger partial charge on any atom is -0.356 e. The second kappa shape index (κ2) is 17.1. The van der Waals surface area contributed by atoms with E-state index in [0.717, 1.165) is 43.4 Å². The summed E-state index contributed by atoms with van der Waals surface area (Å²) in [5.74, 6) is -1.71. The van der Waals surface area contributed by atoms with Crippen LogP contribution in [0.5, 0.6) is 0 Å². The van der Waals surface area contributed by atoms with Gasteiger partial charge in [-0.25, -0.2) is 0 Å². The molecule has 0 aromatic heterocycles. The van der Waals surface area contributed by atoms with Crippen molar-refractivity contribution in [2.24, 2.45) is 40.1 Å².